The lowest BCUT2D eigenvalue weighted by molar-refractivity contribution is 0.0169. The number of anilines is 1. The summed E-state index contributed by atoms with van der Waals surface area (Å²) in [5.74, 6) is 0.978. The van der Waals surface area contributed by atoms with Crippen LogP contribution in [0, 0.1) is 26.7 Å². The van der Waals surface area contributed by atoms with Gasteiger partial charge in [0, 0.05) is 49.7 Å². The highest BCUT2D eigenvalue weighted by molar-refractivity contribution is 6.03. The number of hydrogen-bond donors (Lipinski definition) is 1. The van der Waals surface area contributed by atoms with Crippen LogP contribution >= 0.6 is 0 Å². The number of aliphatic hydroxyl groups excluding tert-OH is 1. The van der Waals surface area contributed by atoms with E-state index in [9.17, 15) is 5.11 Å². The SMILES string of the molecule is Cc1cc(C)c(C2(C)CC(C(=NOCC(O)CN3CCN(c4ccccc4)CC3)c3cc4ccccc4o3)C2)c(C)c1. The van der Waals surface area contributed by atoms with Crippen LogP contribution < -0.4 is 4.90 Å². The molecular formula is C36H43N3O3. The third-order valence-electron chi connectivity index (χ3n) is 9.13. The van der Waals surface area contributed by atoms with Crippen LogP contribution in [0.4, 0.5) is 5.69 Å². The molecule has 2 heterocycles. The van der Waals surface area contributed by atoms with Gasteiger partial charge in [-0.3, -0.25) is 4.90 Å². The highest BCUT2D eigenvalue weighted by Gasteiger charge is 2.46. The number of furan rings is 1. The number of nitrogens with zero attached hydrogens (tertiary/aromatic N) is 3. The van der Waals surface area contributed by atoms with E-state index in [2.05, 4.69) is 91.2 Å². The van der Waals surface area contributed by atoms with Crippen LogP contribution in [0.25, 0.3) is 11.0 Å². The van der Waals surface area contributed by atoms with Crippen LogP contribution in [0.3, 0.4) is 0 Å². The largest absolute Gasteiger partial charge is 0.455 e. The van der Waals surface area contributed by atoms with Gasteiger partial charge in [-0.1, -0.05) is 66.2 Å². The van der Waals surface area contributed by atoms with E-state index in [1.807, 2.05) is 24.3 Å². The molecule has 1 N–H and O–H groups in total. The van der Waals surface area contributed by atoms with Crippen LogP contribution in [0.1, 0.15) is 47.8 Å². The average Bonchev–Trinajstić information content (AvgIpc) is 3.38. The lowest BCUT2D eigenvalue weighted by Crippen LogP contribution is -2.49. The van der Waals surface area contributed by atoms with E-state index in [1.54, 1.807) is 0 Å². The molecule has 0 spiro atoms. The molecule has 1 saturated carbocycles. The summed E-state index contributed by atoms with van der Waals surface area (Å²) in [6.07, 6.45) is 1.34. The molecule has 0 bridgehead atoms. The molecular weight excluding hydrogens is 522 g/mol. The summed E-state index contributed by atoms with van der Waals surface area (Å²) in [5.41, 5.74) is 8.52. The first-order valence-corrected chi connectivity index (χ1v) is 15.3. The monoisotopic (exact) mass is 565 g/mol. The minimum Gasteiger partial charge on any atom is -0.455 e. The van der Waals surface area contributed by atoms with Crippen molar-refractivity contribution in [2.24, 2.45) is 11.1 Å². The molecule has 4 aromatic rings. The second-order valence-corrected chi connectivity index (χ2v) is 12.6. The molecule has 220 valence electrons. The maximum atomic E-state index is 10.8. The molecule has 3 aromatic carbocycles. The number of aliphatic hydroxyl groups is 1. The molecule has 1 saturated heterocycles. The van der Waals surface area contributed by atoms with Crippen LogP contribution in [0.5, 0.6) is 0 Å². The van der Waals surface area contributed by atoms with Gasteiger partial charge in [0.15, 0.2) is 5.76 Å². The molecule has 42 heavy (non-hydrogen) atoms. The Kier molecular flexibility index (Phi) is 8.11. The molecule has 2 aliphatic rings. The zero-order valence-corrected chi connectivity index (χ0v) is 25.3. The van der Waals surface area contributed by atoms with Gasteiger partial charge < -0.3 is 19.3 Å². The van der Waals surface area contributed by atoms with Crippen LogP contribution in [0.2, 0.25) is 0 Å². The lowest BCUT2D eigenvalue weighted by atomic mass is 9.57. The fourth-order valence-corrected chi connectivity index (χ4v) is 7.36. The summed E-state index contributed by atoms with van der Waals surface area (Å²) in [4.78, 5) is 10.6. The van der Waals surface area contributed by atoms with E-state index >= 15 is 0 Å². The minimum atomic E-state index is -0.613. The Morgan fingerprint density at radius 1 is 0.952 bits per heavy atom. The van der Waals surface area contributed by atoms with Crippen molar-refractivity contribution in [3.63, 3.8) is 0 Å². The Labute approximate surface area is 249 Å². The summed E-state index contributed by atoms with van der Waals surface area (Å²) >= 11 is 0. The van der Waals surface area contributed by atoms with Gasteiger partial charge in [0.2, 0.25) is 0 Å². The molecule has 2 fully saturated rings. The third-order valence-corrected chi connectivity index (χ3v) is 9.13. The number of β-amino-alcohol motifs (C(OH)–C–C–N with tert-alkyl or cyclic N) is 1. The average molecular weight is 566 g/mol. The van der Waals surface area contributed by atoms with Crippen molar-refractivity contribution in [2.75, 3.05) is 44.2 Å². The summed E-state index contributed by atoms with van der Waals surface area (Å²) in [6, 6.07) is 25.2. The highest BCUT2D eigenvalue weighted by atomic mass is 16.6. The molecule has 1 aliphatic heterocycles. The van der Waals surface area contributed by atoms with Crippen LogP contribution in [-0.4, -0.2) is 61.2 Å². The summed E-state index contributed by atoms with van der Waals surface area (Å²) < 4.78 is 6.26. The molecule has 6 heteroatoms. The molecule has 1 aromatic heterocycles. The molecule has 1 unspecified atom stereocenters. The minimum absolute atomic E-state index is 0.0841. The highest BCUT2D eigenvalue weighted by Crippen LogP contribution is 2.51. The second kappa shape index (κ2) is 11.9. The van der Waals surface area contributed by atoms with Crippen molar-refractivity contribution in [1.29, 1.82) is 0 Å². The lowest BCUT2D eigenvalue weighted by Gasteiger charge is -2.47. The molecule has 0 radical (unpaired) electrons. The number of para-hydroxylation sites is 2. The number of hydrogen-bond acceptors (Lipinski definition) is 6. The number of oxime groups is 1. The first-order chi connectivity index (χ1) is 20.3. The number of rotatable bonds is 9. The fourth-order valence-electron chi connectivity index (χ4n) is 7.36. The van der Waals surface area contributed by atoms with Gasteiger partial charge in [0.25, 0.3) is 0 Å². The first-order valence-electron chi connectivity index (χ1n) is 15.3. The predicted molar refractivity (Wildman–Crippen MR) is 171 cm³/mol. The van der Waals surface area contributed by atoms with Gasteiger partial charge in [0.05, 0.1) is 0 Å². The third kappa shape index (κ3) is 5.97. The standard InChI is InChI=1S/C36H43N3O3/c1-25-18-26(2)34(27(3)19-25)36(4)21-29(22-36)35(33-20-28-10-8-9-13-32(28)42-33)37-41-24-31(40)23-38-14-16-39(17-15-38)30-11-6-5-7-12-30/h5-13,18-20,29,31,40H,14-17,21-24H2,1-4H3. The van der Waals surface area contributed by atoms with E-state index in [1.165, 1.54) is 27.9 Å². The first kappa shape index (κ1) is 28.5. The van der Waals surface area contributed by atoms with Gasteiger partial charge in [-0.2, -0.15) is 0 Å². The van der Waals surface area contributed by atoms with Gasteiger partial charge in [-0.15, -0.1) is 0 Å². The Hall–Kier alpha value is -3.61. The Morgan fingerprint density at radius 2 is 1.62 bits per heavy atom. The van der Waals surface area contributed by atoms with E-state index in [4.69, 9.17) is 9.25 Å². The molecule has 6 nitrogen and oxygen atoms in total. The normalized spacial score (nSPS) is 22.3. The van der Waals surface area contributed by atoms with Gasteiger partial charge >= 0.3 is 0 Å². The summed E-state index contributed by atoms with van der Waals surface area (Å²) in [6.45, 7) is 13.5. The summed E-state index contributed by atoms with van der Waals surface area (Å²) in [7, 11) is 0. The van der Waals surface area contributed by atoms with E-state index < -0.39 is 6.10 Å². The molecule has 6 rings (SSSR count). The van der Waals surface area contributed by atoms with Gasteiger partial charge in [-0.05, 0) is 80.0 Å². The second-order valence-electron chi connectivity index (χ2n) is 12.6. The van der Waals surface area contributed by atoms with E-state index in [0.717, 1.165) is 61.5 Å². The zero-order chi connectivity index (χ0) is 29.3. The Morgan fingerprint density at radius 3 is 2.31 bits per heavy atom. The van der Waals surface area contributed by atoms with Gasteiger partial charge in [-0.25, -0.2) is 0 Å². The predicted octanol–water partition coefficient (Wildman–Crippen LogP) is 6.63. The van der Waals surface area contributed by atoms with E-state index in [0.29, 0.717) is 6.54 Å². The smallest absolute Gasteiger partial charge is 0.153 e. The molecule has 1 aliphatic carbocycles. The number of aryl methyl sites for hydroxylation is 3. The van der Waals surface area contributed by atoms with Crippen molar-refractivity contribution in [1.82, 2.24) is 4.90 Å². The quantitative estimate of drug-likeness (QED) is 0.182. The molecule has 1 atom stereocenters. The van der Waals surface area contributed by atoms with Gasteiger partial charge in [0.1, 0.15) is 24.0 Å². The van der Waals surface area contributed by atoms with Crippen LogP contribution in [0.15, 0.2) is 82.4 Å². The van der Waals surface area contributed by atoms with E-state index in [-0.39, 0.29) is 17.9 Å². The zero-order valence-electron chi connectivity index (χ0n) is 25.3. The van der Waals surface area contributed by atoms with Crippen molar-refractivity contribution in [3.8, 4) is 0 Å². The maximum Gasteiger partial charge on any atom is 0.153 e. The Balaban J connectivity index is 1.11. The number of benzene rings is 3. The summed E-state index contributed by atoms with van der Waals surface area (Å²) in [5, 5.41) is 16.5. The maximum absolute atomic E-state index is 10.8. The van der Waals surface area contributed by atoms with Crippen LogP contribution in [-0.2, 0) is 10.3 Å². The number of fused-ring (bicyclic) bond motifs is 1. The van der Waals surface area contributed by atoms with Crippen molar-refractivity contribution in [2.45, 2.75) is 52.1 Å². The topological polar surface area (TPSA) is 61.4 Å². The van der Waals surface area contributed by atoms with Crippen molar-refractivity contribution < 1.29 is 14.4 Å². The fraction of sp³-hybridized carbons (Fsp3) is 0.417. The Bertz CT molecular complexity index is 1490. The van der Waals surface area contributed by atoms with Crippen molar-refractivity contribution >= 4 is 22.4 Å². The molecule has 0 amide bonds. The number of piperazine rings is 1. The van der Waals surface area contributed by atoms with Crippen molar-refractivity contribution in [3.05, 3.63) is 101 Å².